The van der Waals surface area contributed by atoms with Gasteiger partial charge in [-0.15, -0.1) is 0 Å². The van der Waals surface area contributed by atoms with E-state index in [0.29, 0.717) is 0 Å². The molecule has 0 aliphatic rings. The molecule has 1 aromatic heterocycles. The SMILES string of the molecule is CCCNCCSc1nc(C)ns1. The lowest BCUT2D eigenvalue weighted by Gasteiger charge is -1.99. The fourth-order valence-corrected chi connectivity index (χ4v) is 2.46. The van der Waals surface area contributed by atoms with Crippen molar-refractivity contribution in [3.63, 3.8) is 0 Å². The van der Waals surface area contributed by atoms with Gasteiger partial charge >= 0.3 is 0 Å². The Morgan fingerprint density at radius 1 is 1.46 bits per heavy atom. The van der Waals surface area contributed by atoms with Crippen molar-refractivity contribution < 1.29 is 0 Å². The molecule has 1 N–H and O–H groups in total. The topological polar surface area (TPSA) is 37.8 Å². The highest BCUT2D eigenvalue weighted by molar-refractivity contribution is 8.00. The van der Waals surface area contributed by atoms with E-state index in [1.165, 1.54) is 18.0 Å². The van der Waals surface area contributed by atoms with Crippen LogP contribution < -0.4 is 5.32 Å². The molecule has 13 heavy (non-hydrogen) atoms. The Balaban J connectivity index is 2.06. The zero-order chi connectivity index (χ0) is 9.52. The molecule has 0 radical (unpaired) electrons. The zero-order valence-corrected chi connectivity index (χ0v) is 9.67. The summed E-state index contributed by atoms with van der Waals surface area (Å²) >= 11 is 3.26. The summed E-state index contributed by atoms with van der Waals surface area (Å²) in [5, 5.41) is 3.35. The van der Waals surface area contributed by atoms with Crippen molar-refractivity contribution in [2.24, 2.45) is 0 Å². The molecule has 0 aromatic carbocycles. The number of hydrogen-bond acceptors (Lipinski definition) is 5. The number of nitrogens with zero attached hydrogens (tertiary/aromatic N) is 2. The van der Waals surface area contributed by atoms with Crippen molar-refractivity contribution in [2.45, 2.75) is 24.6 Å². The molecule has 0 unspecified atom stereocenters. The van der Waals surface area contributed by atoms with E-state index < -0.39 is 0 Å². The Bertz CT molecular complexity index is 237. The van der Waals surface area contributed by atoms with Gasteiger partial charge in [-0.05, 0) is 31.4 Å². The maximum Gasteiger partial charge on any atom is 0.170 e. The van der Waals surface area contributed by atoms with Crippen LogP contribution in [0.15, 0.2) is 4.34 Å². The van der Waals surface area contributed by atoms with Crippen molar-refractivity contribution in [3.8, 4) is 0 Å². The molecule has 0 bridgehead atoms. The fourth-order valence-electron chi connectivity index (χ4n) is 0.849. The Kier molecular flexibility index (Phi) is 5.34. The second-order valence-corrected chi connectivity index (χ2v) is 4.80. The van der Waals surface area contributed by atoms with Gasteiger partial charge in [-0.25, -0.2) is 4.98 Å². The molecule has 5 heteroatoms. The monoisotopic (exact) mass is 217 g/mol. The Hall–Kier alpha value is -0.130. The van der Waals surface area contributed by atoms with Gasteiger partial charge in [0.25, 0.3) is 0 Å². The first-order valence-electron chi connectivity index (χ1n) is 4.46. The van der Waals surface area contributed by atoms with Crippen molar-refractivity contribution in [1.82, 2.24) is 14.7 Å². The normalized spacial score (nSPS) is 10.6. The quantitative estimate of drug-likeness (QED) is 0.584. The summed E-state index contributed by atoms with van der Waals surface area (Å²) in [6.07, 6.45) is 1.20. The molecule has 0 amide bonds. The summed E-state index contributed by atoms with van der Waals surface area (Å²) in [5.41, 5.74) is 0. The molecule has 1 aromatic rings. The smallest absolute Gasteiger partial charge is 0.170 e. The molecule has 0 saturated heterocycles. The summed E-state index contributed by atoms with van der Waals surface area (Å²) in [6.45, 7) is 6.26. The van der Waals surface area contributed by atoms with Crippen LogP contribution in [0.2, 0.25) is 0 Å². The van der Waals surface area contributed by atoms with Gasteiger partial charge in [0.05, 0.1) is 0 Å². The third-order valence-corrected chi connectivity index (χ3v) is 3.37. The van der Waals surface area contributed by atoms with Gasteiger partial charge in [0.1, 0.15) is 5.82 Å². The number of thioether (sulfide) groups is 1. The zero-order valence-electron chi connectivity index (χ0n) is 8.04. The van der Waals surface area contributed by atoms with Crippen LogP contribution in [0, 0.1) is 6.92 Å². The number of aromatic nitrogens is 2. The van der Waals surface area contributed by atoms with Gasteiger partial charge < -0.3 is 5.32 Å². The van der Waals surface area contributed by atoms with Crippen LogP contribution >= 0.6 is 23.3 Å². The molecule has 0 atom stereocenters. The van der Waals surface area contributed by atoms with E-state index in [-0.39, 0.29) is 0 Å². The lowest BCUT2D eigenvalue weighted by Crippen LogP contribution is -2.17. The second-order valence-electron chi connectivity index (χ2n) is 2.71. The van der Waals surface area contributed by atoms with Gasteiger partial charge in [-0.3, -0.25) is 0 Å². The van der Waals surface area contributed by atoms with Gasteiger partial charge in [-0.2, -0.15) is 4.37 Å². The van der Waals surface area contributed by atoms with E-state index in [9.17, 15) is 0 Å². The number of rotatable bonds is 6. The molecular formula is C8H15N3S2. The number of aryl methyl sites for hydroxylation is 1. The molecule has 1 rings (SSSR count). The van der Waals surface area contributed by atoms with E-state index in [4.69, 9.17) is 0 Å². The minimum atomic E-state index is 0.883. The standard InChI is InChI=1S/C8H15N3S2/c1-3-4-9-5-6-12-8-10-7(2)11-13-8/h9H,3-6H2,1-2H3. The van der Waals surface area contributed by atoms with Gasteiger partial charge in [0, 0.05) is 12.3 Å². The van der Waals surface area contributed by atoms with Crippen LogP contribution in [0.3, 0.4) is 0 Å². The maximum absolute atomic E-state index is 4.27. The molecule has 1 heterocycles. The van der Waals surface area contributed by atoms with Crippen molar-refractivity contribution in [1.29, 1.82) is 0 Å². The van der Waals surface area contributed by atoms with Crippen molar-refractivity contribution in [3.05, 3.63) is 5.82 Å². The first-order valence-corrected chi connectivity index (χ1v) is 6.22. The minimum absolute atomic E-state index is 0.883. The number of hydrogen-bond donors (Lipinski definition) is 1. The summed E-state index contributed by atoms with van der Waals surface area (Å²) in [7, 11) is 0. The highest BCUT2D eigenvalue weighted by atomic mass is 32.2. The fraction of sp³-hybridized carbons (Fsp3) is 0.750. The first-order chi connectivity index (χ1) is 6.33. The van der Waals surface area contributed by atoms with Crippen LogP contribution in [0.5, 0.6) is 0 Å². The van der Waals surface area contributed by atoms with Crippen LogP contribution in [0.25, 0.3) is 0 Å². The predicted molar refractivity (Wildman–Crippen MR) is 58.5 cm³/mol. The van der Waals surface area contributed by atoms with E-state index in [1.807, 2.05) is 6.92 Å². The van der Waals surface area contributed by atoms with E-state index in [1.54, 1.807) is 11.8 Å². The lowest BCUT2D eigenvalue weighted by atomic mass is 10.5. The van der Waals surface area contributed by atoms with E-state index in [0.717, 1.165) is 29.0 Å². The summed E-state index contributed by atoms with van der Waals surface area (Å²) in [6, 6.07) is 0. The van der Waals surface area contributed by atoms with E-state index >= 15 is 0 Å². The summed E-state index contributed by atoms with van der Waals surface area (Å²) < 4.78 is 5.20. The summed E-state index contributed by atoms with van der Waals surface area (Å²) in [5.74, 6) is 1.96. The van der Waals surface area contributed by atoms with Crippen molar-refractivity contribution >= 4 is 23.3 Å². The first kappa shape index (κ1) is 10.9. The van der Waals surface area contributed by atoms with E-state index in [2.05, 4.69) is 21.6 Å². The van der Waals surface area contributed by atoms with Gasteiger partial charge in [0.15, 0.2) is 4.34 Å². The van der Waals surface area contributed by atoms with Crippen LogP contribution in [-0.2, 0) is 0 Å². The molecule has 0 aliphatic heterocycles. The van der Waals surface area contributed by atoms with Gasteiger partial charge in [-0.1, -0.05) is 18.7 Å². The van der Waals surface area contributed by atoms with Crippen LogP contribution in [0.4, 0.5) is 0 Å². The molecule has 0 aliphatic carbocycles. The van der Waals surface area contributed by atoms with Crippen LogP contribution in [-0.4, -0.2) is 28.2 Å². The summed E-state index contributed by atoms with van der Waals surface area (Å²) in [4.78, 5) is 4.27. The Labute approximate surface area is 87.5 Å². The van der Waals surface area contributed by atoms with Crippen molar-refractivity contribution in [2.75, 3.05) is 18.8 Å². The third-order valence-electron chi connectivity index (χ3n) is 1.44. The van der Waals surface area contributed by atoms with Crippen LogP contribution in [0.1, 0.15) is 19.2 Å². The predicted octanol–water partition coefficient (Wildman–Crippen LogP) is 1.94. The number of nitrogens with one attached hydrogen (secondary N) is 1. The minimum Gasteiger partial charge on any atom is -0.316 e. The largest absolute Gasteiger partial charge is 0.316 e. The molecule has 3 nitrogen and oxygen atoms in total. The Morgan fingerprint density at radius 2 is 2.31 bits per heavy atom. The Morgan fingerprint density at radius 3 is 2.92 bits per heavy atom. The third kappa shape index (κ3) is 4.59. The average Bonchev–Trinajstić information content (AvgIpc) is 2.51. The molecule has 0 fully saturated rings. The maximum atomic E-state index is 4.27. The van der Waals surface area contributed by atoms with Gasteiger partial charge in [0.2, 0.25) is 0 Å². The lowest BCUT2D eigenvalue weighted by molar-refractivity contribution is 0.707. The molecular weight excluding hydrogens is 202 g/mol. The molecule has 0 saturated carbocycles. The average molecular weight is 217 g/mol. The highest BCUT2D eigenvalue weighted by Crippen LogP contribution is 2.18. The second kappa shape index (κ2) is 6.34. The highest BCUT2D eigenvalue weighted by Gasteiger charge is 1.99. The molecule has 0 spiro atoms. The molecule has 74 valence electrons.